The molecule has 0 spiro atoms. The number of rotatable bonds is 6. The monoisotopic (exact) mass is 437 g/mol. The van der Waals surface area contributed by atoms with Crippen molar-refractivity contribution in [3.63, 3.8) is 0 Å². The van der Waals surface area contributed by atoms with E-state index in [1.165, 1.54) is 11.3 Å². The molecule has 5 nitrogen and oxygen atoms in total. The van der Waals surface area contributed by atoms with Gasteiger partial charge in [-0.1, -0.05) is 15.9 Å². The van der Waals surface area contributed by atoms with Crippen LogP contribution < -0.4 is 10.1 Å². The Bertz CT molecular complexity index is 846. The Morgan fingerprint density at radius 2 is 2.04 bits per heavy atom. The van der Waals surface area contributed by atoms with E-state index >= 15 is 0 Å². The van der Waals surface area contributed by atoms with Crippen molar-refractivity contribution in [3.8, 4) is 5.75 Å². The zero-order chi connectivity index (χ0) is 18.7. The number of fused-ring (bicyclic) bond motifs is 1. The van der Waals surface area contributed by atoms with E-state index in [1.807, 2.05) is 13.0 Å². The van der Waals surface area contributed by atoms with Gasteiger partial charge in [-0.05, 0) is 56.9 Å². The Morgan fingerprint density at radius 1 is 1.23 bits per heavy atom. The lowest BCUT2D eigenvalue weighted by atomic mass is 10.1. The summed E-state index contributed by atoms with van der Waals surface area (Å²) in [6.07, 6.45) is 2.81. The van der Waals surface area contributed by atoms with Crippen molar-refractivity contribution in [2.45, 2.75) is 33.1 Å². The van der Waals surface area contributed by atoms with Gasteiger partial charge in [0.15, 0.2) is 0 Å². The average Bonchev–Trinajstić information content (AvgIpc) is 3.17. The smallest absolute Gasteiger partial charge is 0.341 e. The number of benzene rings is 1. The fourth-order valence-corrected chi connectivity index (χ4v) is 4.68. The maximum absolute atomic E-state index is 12.9. The van der Waals surface area contributed by atoms with Crippen LogP contribution in [0.4, 0.5) is 5.00 Å². The van der Waals surface area contributed by atoms with Gasteiger partial charge in [-0.25, -0.2) is 4.79 Å². The molecule has 1 aliphatic carbocycles. The van der Waals surface area contributed by atoms with Gasteiger partial charge in [0.05, 0.1) is 24.3 Å². The van der Waals surface area contributed by atoms with E-state index < -0.39 is 0 Å². The van der Waals surface area contributed by atoms with Gasteiger partial charge < -0.3 is 14.8 Å². The molecule has 1 aromatic heterocycles. The highest BCUT2D eigenvalue weighted by atomic mass is 79.9. The van der Waals surface area contributed by atoms with Crippen LogP contribution in [0.5, 0.6) is 5.75 Å². The topological polar surface area (TPSA) is 64.6 Å². The van der Waals surface area contributed by atoms with Crippen molar-refractivity contribution < 1.29 is 19.1 Å². The van der Waals surface area contributed by atoms with Crippen LogP contribution in [-0.4, -0.2) is 25.1 Å². The highest BCUT2D eigenvalue weighted by molar-refractivity contribution is 9.10. The van der Waals surface area contributed by atoms with Crippen molar-refractivity contribution >= 4 is 44.1 Å². The van der Waals surface area contributed by atoms with Crippen molar-refractivity contribution in [1.29, 1.82) is 0 Å². The molecule has 1 aliphatic rings. The Balaban J connectivity index is 1.93. The second-order valence-electron chi connectivity index (χ2n) is 5.81. The standard InChI is InChI=1S/C19H20BrNO4S/c1-3-24-14-9-8-11(20)10-13(14)17(22)21-18-16(19(23)25-4-2)12-6-5-7-15(12)26-18/h8-10H,3-7H2,1-2H3,(H,21,22). The zero-order valence-corrected chi connectivity index (χ0v) is 17.1. The minimum Gasteiger partial charge on any atom is -0.493 e. The number of hydrogen-bond donors (Lipinski definition) is 1. The molecule has 0 unspecified atom stereocenters. The van der Waals surface area contributed by atoms with Crippen LogP contribution in [0.15, 0.2) is 22.7 Å². The highest BCUT2D eigenvalue weighted by Gasteiger charge is 2.29. The zero-order valence-electron chi connectivity index (χ0n) is 14.7. The third-order valence-corrected chi connectivity index (χ3v) is 5.81. The molecule has 138 valence electrons. The van der Waals surface area contributed by atoms with Gasteiger partial charge in [0.1, 0.15) is 10.8 Å². The minimum atomic E-state index is -0.374. The first-order valence-electron chi connectivity index (χ1n) is 8.60. The quantitative estimate of drug-likeness (QED) is 0.657. The molecule has 1 heterocycles. The normalized spacial score (nSPS) is 12.6. The summed E-state index contributed by atoms with van der Waals surface area (Å²) < 4.78 is 11.5. The summed E-state index contributed by atoms with van der Waals surface area (Å²) in [6, 6.07) is 5.29. The molecule has 0 aliphatic heterocycles. The van der Waals surface area contributed by atoms with Gasteiger partial charge in [0.25, 0.3) is 5.91 Å². The van der Waals surface area contributed by atoms with Gasteiger partial charge in [0.2, 0.25) is 0 Å². The van der Waals surface area contributed by atoms with Crippen LogP contribution in [-0.2, 0) is 17.6 Å². The van der Waals surface area contributed by atoms with E-state index in [2.05, 4.69) is 21.2 Å². The molecule has 0 fully saturated rings. The predicted octanol–water partition coefficient (Wildman–Crippen LogP) is 4.83. The summed E-state index contributed by atoms with van der Waals surface area (Å²) in [4.78, 5) is 26.4. The predicted molar refractivity (Wildman–Crippen MR) is 106 cm³/mol. The van der Waals surface area contributed by atoms with Crippen LogP contribution in [0.1, 0.15) is 51.4 Å². The Morgan fingerprint density at radius 3 is 2.77 bits per heavy atom. The first kappa shape index (κ1) is 18.9. The number of aryl methyl sites for hydroxylation is 1. The molecular weight excluding hydrogens is 418 g/mol. The Hall–Kier alpha value is -1.86. The second kappa shape index (κ2) is 8.22. The minimum absolute atomic E-state index is 0.303. The fourth-order valence-electron chi connectivity index (χ4n) is 3.04. The van der Waals surface area contributed by atoms with E-state index in [-0.39, 0.29) is 11.9 Å². The van der Waals surface area contributed by atoms with Gasteiger partial charge in [-0.3, -0.25) is 4.79 Å². The SMILES string of the molecule is CCOC(=O)c1c(NC(=O)c2cc(Br)ccc2OCC)sc2c1CCC2. The summed E-state index contributed by atoms with van der Waals surface area (Å²) in [5, 5.41) is 3.46. The van der Waals surface area contributed by atoms with E-state index in [4.69, 9.17) is 9.47 Å². The molecule has 1 amide bonds. The van der Waals surface area contributed by atoms with Gasteiger partial charge in [0, 0.05) is 9.35 Å². The summed E-state index contributed by atoms with van der Waals surface area (Å²) in [6.45, 7) is 4.41. The first-order chi connectivity index (χ1) is 12.5. The summed E-state index contributed by atoms with van der Waals surface area (Å²) >= 11 is 4.85. The number of hydrogen-bond acceptors (Lipinski definition) is 5. The lowest BCUT2D eigenvalue weighted by molar-refractivity contribution is 0.0527. The molecule has 1 N–H and O–H groups in total. The number of halogens is 1. The Kier molecular flexibility index (Phi) is 5.98. The molecule has 7 heteroatoms. The molecule has 0 radical (unpaired) electrons. The Labute approximate surface area is 164 Å². The second-order valence-corrected chi connectivity index (χ2v) is 7.83. The molecule has 0 saturated heterocycles. The number of nitrogens with one attached hydrogen (secondary N) is 1. The van der Waals surface area contributed by atoms with Gasteiger partial charge in [-0.15, -0.1) is 11.3 Å². The van der Waals surface area contributed by atoms with E-state index in [9.17, 15) is 9.59 Å². The maximum atomic E-state index is 12.9. The number of anilines is 1. The summed E-state index contributed by atoms with van der Waals surface area (Å²) in [7, 11) is 0. The maximum Gasteiger partial charge on any atom is 0.341 e. The molecule has 1 aromatic carbocycles. The fraction of sp³-hybridized carbons (Fsp3) is 0.368. The molecule has 0 saturated carbocycles. The number of ether oxygens (including phenoxy) is 2. The number of amides is 1. The summed E-state index contributed by atoms with van der Waals surface area (Å²) in [5.41, 5.74) is 1.94. The van der Waals surface area contributed by atoms with E-state index in [0.717, 1.165) is 34.2 Å². The molecule has 0 bridgehead atoms. The van der Waals surface area contributed by atoms with Gasteiger partial charge >= 0.3 is 5.97 Å². The number of esters is 1. The molecule has 0 atom stereocenters. The molecule has 2 aromatic rings. The number of carbonyl (C=O) groups excluding carboxylic acids is 2. The van der Waals surface area contributed by atoms with Gasteiger partial charge in [-0.2, -0.15) is 0 Å². The van der Waals surface area contributed by atoms with Crippen LogP contribution in [0.25, 0.3) is 0 Å². The third-order valence-electron chi connectivity index (χ3n) is 4.11. The van der Waals surface area contributed by atoms with Crippen LogP contribution >= 0.6 is 27.3 Å². The highest BCUT2D eigenvalue weighted by Crippen LogP contribution is 2.40. The van der Waals surface area contributed by atoms with Crippen molar-refractivity contribution in [2.75, 3.05) is 18.5 Å². The first-order valence-corrected chi connectivity index (χ1v) is 10.2. The van der Waals surface area contributed by atoms with Crippen molar-refractivity contribution in [3.05, 3.63) is 44.2 Å². The molecular formula is C19H20BrNO4S. The lowest BCUT2D eigenvalue weighted by Gasteiger charge is -2.12. The summed E-state index contributed by atoms with van der Waals surface area (Å²) in [5.74, 6) is -0.170. The van der Waals surface area contributed by atoms with E-state index in [0.29, 0.717) is 35.1 Å². The molecule has 26 heavy (non-hydrogen) atoms. The van der Waals surface area contributed by atoms with Crippen LogP contribution in [0.2, 0.25) is 0 Å². The molecule has 3 rings (SSSR count). The number of carbonyl (C=O) groups is 2. The third kappa shape index (κ3) is 3.78. The largest absolute Gasteiger partial charge is 0.493 e. The van der Waals surface area contributed by atoms with Crippen LogP contribution in [0.3, 0.4) is 0 Å². The van der Waals surface area contributed by atoms with Crippen molar-refractivity contribution in [1.82, 2.24) is 0 Å². The number of thiophene rings is 1. The van der Waals surface area contributed by atoms with Crippen molar-refractivity contribution in [2.24, 2.45) is 0 Å². The lowest BCUT2D eigenvalue weighted by Crippen LogP contribution is -2.16. The average molecular weight is 438 g/mol. The van der Waals surface area contributed by atoms with E-state index in [1.54, 1.807) is 19.1 Å². The van der Waals surface area contributed by atoms with Crippen LogP contribution in [0, 0.1) is 0 Å².